The maximum absolute atomic E-state index is 4.46. The Labute approximate surface area is 119 Å². The summed E-state index contributed by atoms with van der Waals surface area (Å²) in [4.78, 5) is 1.43. The lowest BCUT2D eigenvalue weighted by Crippen LogP contribution is -2.21. The Morgan fingerprint density at radius 3 is 2.89 bits per heavy atom. The molecule has 0 fully saturated rings. The molecular formula is C15H23N3S. The molecule has 104 valence electrons. The molecule has 2 aromatic rings. The number of nitrogens with one attached hydrogen (secondary N) is 1. The first-order valence-electron chi connectivity index (χ1n) is 7.12. The van der Waals surface area contributed by atoms with E-state index in [4.69, 9.17) is 0 Å². The van der Waals surface area contributed by atoms with Crippen molar-refractivity contribution >= 4 is 11.3 Å². The molecule has 0 bridgehead atoms. The van der Waals surface area contributed by atoms with E-state index in [0.29, 0.717) is 0 Å². The van der Waals surface area contributed by atoms with Crippen LogP contribution in [0.25, 0.3) is 0 Å². The minimum absolute atomic E-state index is 0.283. The van der Waals surface area contributed by atoms with Crippen molar-refractivity contribution in [2.45, 2.75) is 46.2 Å². The summed E-state index contributed by atoms with van der Waals surface area (Å²) in [6, 6.07) is 2.52. The van der Waals surface area contributed by atoms with E-state index in [0.717, 1.165) is 25.9 Å². The third-order valence-corrected chi connectivity index (χ3v) is 4.30. The number of nitrogens with zero attached hydrogens (tertiary/aromatic N) is 2. The van der Waals surface area contributed by atoms with Crippen molar-refractivity contribution in [3.63, 3.8) is 0 Å². The van der Waals surface area contributed by atoms with E-state index >= 15 is 0 Å². The van der Waals surface area contributed by atoms with E-state index in [-0.39, 0.29) is 6.04 Å². The van der Waals surface area contributed by atoms with Crippen LogP contribution in [0.15, 0.2) is 23.8 Å². The van der Waals surface area contributed by atoms with Gasteiger partial charge in [-0.2, -0.15) is 5.10 Å². The number of hydrogen-bond donors (Lipinski definition) is 1. The second-order valence-corrected chi connectivity index (χ2v) is 5.64. The van der Waals surface area contributed by atoms with Crippen LogP contribution in [0.5, 0.6) is 0 Å². The number of rotatable bonds is 7. The van der Waals surface area contributed by atoms with E-state index < -0.39 is 0 Å². The topological polar surface area (TPSA) is 29.9 Å². The second-order valence-electron chi connectivity index (χ2n) is 4.69. The van der Waals surface area contributed by atoms with Crippen molar-refractivity contribution in [1.82, 2.24) is 15.1 Å². The molecule has 2 rings (SSSR count). The van der Waals surface area contributed by atoms with Gasteiger partial charge in [-0.3, -0.25) is 4.68 Å². The van der Waals surface area contributed by atoms with Gasteiger partial charge < -0.3 is 5.32 Å². The monoisotopic (exact) mass is 277 g/mol. The maximum Gasteiger partial charge on any atom is 0.0704 e. The minimum atomic E-state index is 0.283. The Balaban J connectivity index is 2.28. The van der Waals surface area contributed by atoms with Crippen LogP contribution in [-0.4, -0.2) is 16.3 Å². The molecule has 0 radical (unpaired) electrons. The molecule has 1 unspecified atom stereocenters. The van der Waals surface area contributed by atoms with Crippen LogP contribution in [0.3, 0.4) is 0 Å². The van der Waals surface area contributed by atoms with E-state index in [9.17, 15) is 0 Å². The van der Waals surface area contributed by atoms with Gasteiger partial charge in [-0.1, -0.05) is 20.8 Å². The Bertz CT molecular complexity index is 501. The molecule has 0 aliphatic heterocycles. The molecular weight excluding hydrogens is 254 g/mol. The van der Waals surface area contributed by atoms with Gasteiger partial charge in [0.2, 0.25) is 0 Å². The van der Waals surface area contributed by atoms with Crippen LogP contribution in [0.1, 0.15) is 49.2 Å². The fraction of sp³-hybridized carbons (Fsp3) is 0.533. The fourth-order valence-electron chi connectivity index (χ4n) is 2.34. The third kappa shape index (κ3) is 3.25. The van der Waals surface area contributed by atoms with Gasteiger partial charge in [0.1, 0.15) is 0 Å². The quantitative estimate of drug-likeness (QED) is 0.838. The lowest BCUT2D eigenvalue weighted by Gasteiger charge is -2.16. The summed E-state index contributed by atoms with van der Waals surface area (Å²) in [5.74, 6) is 0. The molecule has 1 N–H and O–H groups in total. The first kappa shape index (κ1) is 14.3. The number of aromatic nitrogens is 2. The van der Waals surface area contributed by atoms with Gasteiger partial charge in [0, 0.05) is 23.2 Å². The van der Waals surface area contributed by atoms with Crippen molar-refractivity contribution < 1.29 is 0 Å². The molecule has 0 aliphatic carbocycles. The van der Waals surface area contributed by atoms with Gasteiger partial charge in [-0.25, -0.2) is 0 Å². The highest BCUT2D eigenvalue weighted by molar-refractivity contribution is 7.10. The molecule has 0 spiro atoms. The molecule has 3 nitrogen and oxygen atoms in total. The molecule has 2 heterocycles. The summed E-state index contributed by atoms with van der Waals surface area (Å²) in [5.41, 5.74) is 2.71. The average molecular weight is 277 g/mol. The SMILES string of the molecule is CCCn1cc(C(NCC)c2sccc2CC)cn1. The molecule has 19 heavy (non-hydrogen) atoms. The lowest BCUT2D eigenvalue weighted by molar-refractivity contribution is 0.598. The Hall–Kier alpha value is -1.13. The van der Waals surface area contributed by atoms with Crippen molar-refractivity contribution in [2.75, 3.05) is 6.54 Å². The zero-order chi connectivity index (χ0) is 13.7. The maximum atomic E-state index is 4.46. The van der Waals surface area contributed by atoms with Gasteiger partial charge in [0.05, 0.1) is 12.2 Å². The van der Waals surface area contributed by atoms with Crippen LogP contribution in [0.4, 0.5) is 0 Å². The van der Waals surface area contributed by atoms with Crippen LogP contribution in [0.2, 0.25) is 0 Å². The smallest absolute Gasteiger partial charge is 0.0704 e. The van der Waals surface area contributed by atoms with Gasteiger partial charge in [-0.15, -0.1) is 11.3 Å². The van der Waals surface area contributed by atoms with Gasteiger partial charge in [0.15, 0.2) is 0 Å². The van der Waals surface area contributed by atoms with Crippen LogP contribution in [-0.2, 0) is 13.0 Å². The van der Waals surface area contributed by atoms with Crippen LogP contribution in [0, 0.1) is 0 Å². The summed E-state index contributed by atoms with van der Waals surface area (Å²) in [7, 11) is 0. The highest BCUT2D eigenvalue weighted by Gasteiger charge is 2.18. The fourth-order valence-corrected chi connectivity index (χ4v) is 3.44. The lowest BCUT2D eigenvalue weighted by atomic mass is 10.0. The minimum Gasteiger partial charge on any atom is -0.306 e. The molecule has 0 saturated carbocycles. The molecule has 1 atom stereocenters. The molecule has 0 aromatic carbocycles. The normalized spacial score (nSPS) is 12.8. The zero-order valence-corrected chi connectivity index (χ0v) is 12.8. The molecule has 2 aromatic heterocycles. The Morgan fingerprint density at radius 1 is 1.37 bits per heavy atom. The van der Waals surface area contributed by atoms with E-state index in [1.54, 1.807) is 0 Å². The van der Waals surface area contributed by atoms with Crippen molar-refractivity contribution in [3.05, 3.63) is 39.8 Å². The summed E-state index contributed by atoms with van der Waals surface area (Å²) in [6.07, 6.45) is 6.38. The number of aryl methyl sites for hydroxylation is 2. The van der Waals surface area contributed by atoms with Gasteiger partial charge >= 0.3 is 0 Å². The Morgan fingerprint density at radius 2 is 2.21 bits per heavy atom. The van der Waals surface area contributed by atoms with Gasteiger partial charge in [-0.05, 0) is 36.4 Å². The zero-order valence-electron chi connectivity index (χ0n) is 12.0. The van der Waals surface area contributed by atoms with Crippen LogP contribution < -0.4 is 5.32 Å². The number of thiophene rings is 1. The standard InChI is InChI=1S/C15H23N3S/c1-4-8-18-11-13(10-17-18)14(16-6-3)15-12(5-2)7-9-19-15/h7,9-11,14,16H,4-6,8H2,1-3H3. The first-order chi connectivity index (χ1) is 9.30. The summed E-state index contributed by atoms with van der Waals surface area (Å²) < 4.78 is 2.04. The summed E-state index contributed by atoms with van der Waals surface area (Å²) >= 11 is 1.84. The highest BCUT2D eigenvalue weighted by atomic mass is 32.1. The van der Waals surface area contributed by atoms with Crippen molar-refractivity contribution in [3.8, 4) is 0 Å². The van der Waals surface area contributed by atoms with Crippen molar-refractivity contribution in [2.24, 2.45) is 0 Å². The number of hydrogen-bond acceptors (Lipinski definition) is 3. The first-order valence-corrected chi connectivity index (χ1v) is 8.00. The molecule has 0 aliphatic rings. The van der Waals surface area contributed by atoms with Crippen LogP contribution >= 0.6 is 11.3 Å². The summed E-state index contributed by atoms with van der Waals surface area (Å²) in [6.45, 7) is 8.50. The van der Waals surface area contributed by atoms with Crippen molar-refractivity contribution in [1.29, 1.82) is 0 Å². The van der Waals surface area contributed by atoms with E-state index in [1.165, 1.54) is 16.0 Å². The van der Waals surface area contributed by atoms with E-state index in [1.807, 2.05) is 22.2 Å². The molecule has 0 saturated heterocycles. The average Bonchev–Trinajstić information content (AvgIpc) is 3.05. The Kier molecular flexibility index (Phi) is 5.16. The second kappa shape index (κ2) is 6.87. The van der Waals surface area contributed by atoms with E-state index in [2.05, 4.69) is 48.8 Å². The largest absolute Gasteiger partial charge is 0.306 e. The molecule has 0 amide bonds. The highest BCUT2D eigenvalue weighted by Crippen LogP contribution is 2.30. The predicted molar refractivity (Wildman–Crippen MR) is 81.7 cm³/mol. The third-order valence-electron chi connectivity index (χ3n) is 3.27. The van der Waals surface area contributed by atoms with Gasteiger partial charge in [0.25, 0.3) is 0 Å². The predicted octanol–water partition coefficient (Wildman–Crippen LogP) is 3.62. The molecule has 4 heteroatoms. The summed E-state index contributed by atoms with van der Waals surface area (Å²) in [5, 5.41) is 10.2.